The summed E-state index contributed by atoms with van der Waals surface area (Å²) in [6, 6.07) is 22.1. The number of hydrogen-bond acceptors (Lipinski definition) is 5. The molecule has 3 aromatic carbocycles. The lowest BCUT2D eigenvalue weighted by Gasteiger charge is -2.36. The van der Waals surface area contributed by atoms with Crippen LogP contribution >= 0.6 is 28.1 Å². The van der Waals surface area contributed by atoms with Crippen LogP contribution < -0.4 is 20.3 Å². The van der Waals surface area contributed by atoms with Crippen LogP contribution in [-0.2, 0) is 0 Å². The van der Waals surface area contributed by atoms with Gasteiger partial charge in [0, 0.05) is 53.2 Å². The monoisotopic (exact) mass is 552 g/mol. The Morgan fingerprint density at radius 2 is 1.46 bits per heavy atom. The molecule has 2 N–H and O–H groups in total. The Kier molecular flexibility index (Phi) is 7.99. The lowest BCUT2D eigenvalue weighted by molar-refractivity contribution is 0.0746. The molecule has 4 rings (SSSR count). The largest absolute Gasteiger partial charge is 0.497 e. The first kappa shape index (κ1) is 24.7. The van der Waals surface area contributed by atoms with Crippen molar-refractivity contribution in [2.75, 3.05) is 43.5 Å². The predicted octanol–water partition coefficient (Wildman–Crippen LogP) is 4.55. The van der Waals surface area contributed by atoms with Crippen LogP contribution in [0.15, 0.2) is 77.3 Å². The third kappa shape index (κ3) is 6.37. The van der Waals surface area contributed by atoms with E-state index >= 15 is 0 Å². The summed E-state index contributed by atoms with van der Waals surface area (Å²) < 4.78 is 6.07. The molecule has 0 bridgehead atoms. The minimum absolute atomic E-state index is 0.0329. The highest BCUT2D eigenvalue weighted by Crippen LogP contribution is 2.21. The second kappa shape index (κ2) is 11.3. The number of ether oxygens (including phenoxy) is 1. The van der Waals surface area contributed by atoms with Crippen molar-refractivity contribution in [2.24, 2.45) is 0 Å². The fourth-order valence-electron chi connectivity index (χ4n) is 3.78. The number of piperazine rings is 1. The van der Waals surface area contributed by atoms with E-state index in [2.05, 4.69) is 31.5 Å². The van der Waals surface area contributed by atoms with Crippen LogP contribution in [0.2, 0.25) is 0 Å². The number of rotatable bonds is 5. The second-order valence-electron chi connectivity index (χ2n) is 7.97. The molecular formula is C26H25BrN4O3S. The van der Waals surface area contributed by atoms with E-state index in [-0.39, 0.29) is 16.9 Å². The Balaban J connectivity index is 1.27. The molecule has 180 valence electrons. The Morgan fingerprint density at radius 3 is 2.06 bits per heavy atom. The third-order valence-electron chi connectivity index (χ3n) is 5.73. The molecule has 2 amide bonds. The number of amides is 2. The van der Waals surface area contributed by atoms with Gasteiger partial charge in [-0.05, 0) is 85.0 Å². The van der Waals surface area contributed by atoms with E-state index in [1.807, 2.05) is 29.2 Å². The molecule has 0 unspecified atom stereocenters. The average molecular weight is 553 g/mol. The van der Waals surface area contributed by atoms with Crippen molar-refractivity contribution in [1.29, 1.82) is 0 Å². The minimum atomic E-state index is -0.270. The molecule has 1 aliphatic heterocycles. The van der Waals surface area contributed by atoms with Gasteiger partial charge in [-0.3, -0.25) is 14.9 Å². The summed E-state index contributed by atoms with van der Waals surface area (Å²) in [6.45, 7) is 2.79. The number of nitrogens with zero attached hydrogens (tertiary/aromatic N) is 2. The summed E-state index contributed by atoms with van der Waals surface area (Å²) in [4.78, 5) is 29.2. The summed E-state index contributed by atoms with van der Waals surface area (Å²) in [5, 5.41) is 5.96. The van der Waals surface area contributed by atoms with Gasteiger partial charge in [-0.2, -0.15) is 0 Å². The van der Waals surface area contributed by atoms with Crippen molar-refractivity contribution < 1.29 is 14.3 Å². The van der Waals surface area contributed by atoms with E-state index in [9.17, 15) is 9.59 Å². The number of thiocarbonyl (C=S) groups is 1. The molecular weight excluding hydrogens is 528 g/mol. The van der Waals surface area contributed by atoms with Crippen LogP contribution in [0.5, 0.6) is 5.75 Å². The van der Waals surface area contributed by atoms with Gasteiger partial charge in [0.1, 0.15) is 5.75 Å². The van der Waals surface area contributed by atoms with Crippen LogP contribution in [-0.4, -0.2) is 55.1 Å². The summed E-state index contributed by atoms with van der Waals surface area (Å²) in [5.74, 6) is 0.497. The van der Waals surface area contributed by atoms with E-state index in [1.165, 1.54) is 0 Å². The highest BCUT2D eigenvalue weighted by Gasteiger charge is 2.22. The standard InChI is InChI=1S/C26H25BrN4O3S/c1-34-23-12-4-19(5-13-23)25(33)31-16-14-30(15-17-31)22-10-8-21(9-11-22)28-26(35)29-24(32)18-2-6-20(27)7-3-18/h2-13H,14-17H2,1H3,(H2,28,29,32,35). The van der Waals surface area contributed by atoms with Gasteiger partial charge in [-0.25, -0.2) is 0 Å². The maximum absolute atomic E-state index is 12.8. The van der Waals surface area contributed by atoms with E-state index in [4.69, 9.17) is 17.0 Å². The fourth-order valence-corrected chi connectivity index (χ4v) is 4.25. The van der Waals surface area contributed by atoms with Crippen LogP contribution in [0, 0.1) is 0 Å². The number of anilines is 2. The molecule has 1 heterocycles. The molecule has 0 aromatic heterocycles. The third-order valence-corrected chi connectivity index (χ3v) is 6.46. The maximum atomic E-state index is 12.8. The van der Waals surface area contributed by atoms with Crippen LogP contribution in [0.1, 0.15) is 20.7 Å². The van der Waals surface area contributed by atoms with E-state index in [0.717, 1.165) is 34.7 Å². The number of benzene rings is 3. The van der Waals surface area contributed by atoms with Gasteiger partial charge in [0.15, 0.2) is 5.11 Å². The minimum Gasteiger partial charge on any atom is -0.497 e. The predicted molar refractivity (Wildman–Crippen MR) is 145 cm³/mol. The summed E-state index contributed by atoms with van der Waals surface area (Å²) in [7, 11) is 1.61. The molecule has 1 aliphatic rings. The topological polar surface area (TPSA) is 73.9 Å². The van der Waals surface area contributed by atoms with Crippen LogP contribution in [0.3, 0.4) is 0 Å². The van der Waals surface area contributed by atoms with Gasteiger partial charge in [0.25, 0.3) is 11.8 Å². The Bertz CT molecular complexity index is 1190. The van der Waals surface area contributed by atoms with Gasteiger partial charge in [0.05, 0.1) is 7.11 Å². The summed E-state index contributed by atoms with van der Waals surface area (Å²) >= 11 is 8.63. The van der Waals surface area contributed by atoms with E-state index in [1.54, 1.807) is 55.6 Å². The smallest absolute Gasteiger partial charge is 0.257 e. The molecule has 0 spiro atoms. The zero-order valence-corrected chi connectivity index (χ0v) is 21.6. The van der Waals surface area contributed by atoms with E-state index in [0.29, 0.717) is 24.2 Å². The molecule has 0 aliphatic carbocycles. The van der Waals surface area contributed by atoms with Gasteiger partial charge in [0.2, 0.25) is 0 Å². The van der Waals surface area contributed by atoms with Gasteiger partial charge in [-0.15, -0.1) is 0 Å². The van der Waals surface area contributed by atoms with Gasteiger partial charge < -0.3 is 19.9 Å². The van der Waals surface area contributed by atoms with Crippen molar-refractivity contribution in [3.63, 3.8) is 0 Å². The molecule has 0 radical (unpaired) electrons. The van der Waals surface area contributed by atoms with Crippen LogP contribution in [0.4, 0.5) is 11.4 Å². The van der Waals surface area contributed by atoms with E-state index < -0.39 is 0 Å². The molecule has 0 atom stereocenters. The second-order valence-corrected chi connectivity index (χ2v) is 9.29. The van der Waals surface area contributed by atoms with Crippen molar-refractivity contribution >= 4 is 56.4 Å². The molecule has 1 saturated heterocycles. The van der Waals surface area contributed by atoms with Crippen LogP contribution in [0.25, 0.3) is 0 Å². The number of halogens is 1. The lowest BCUT2D eigenvalue weighted by Crippen LogP contribution is -2.48. The molecule has 3 aromatic rings. The Morgan fingerprint density at radius 1 is 0.857 bits per heavy atom. The Hall–Kier alpha value is -3.43. The number of carbonyl (C=O) groups is 2. The summed E-state index contributed by atoms with van der Waals surface area (Å²) in [6.07, 6.45) is 0. The van der Waals surface area contributed by atoms with Gasteiger partial charge >= 0.3 is 0 Å². The van der Waals surface area contributed by atoms with Crippen molar-refractivity contribution in [3.8, 4) is 5.75 Å². The highest BCUT2D eigenvalue weighted by atomic mass is 79.9. The van der Waals surface area contributed by atoms with Crippen molar-refractivity contribution in [3.05, 3.63) is 88.4 Å². The number of nitrogens with one attached hydrogen (secondary N) is 2. The first-order valence-electron chi connectivity index (χ1n) is 11.1. The molecule has 0 saturated carbocycles. The molecule has 7 nitrogen and oxygen atoms in total. The molecule has 35 heavy (non-hydrogen) atoms. The average Bonchev–Trinajstić information content (AvgIpc) is 2.89. The molecule has 9 heteroatoms. The fraction of sp³-hybridized carbons (Fsp3) is 0.192. The van der Waals surface area contributed by atoms with Crippen molar-refractivity contribution in [2.45, 2.75) is 0 Å². The SMILES string of the molecule is COc1ccc(C(=O)N2CCN(c3ccc(NC(=S)NC(=O)c4ccc(Br)cc4)cc3)CC2)cc1. The number of hydrogen-bond donors (Lipinski definition) is 2. The first-order chi connectivity index (χ1) is 16.9. The quantitative estimate of drug-likeness (QED) is 0.452. The normalized spacial score (nSPS) is 13.2. The zero-order valence-electron chi connectivity index (χ0n) is 19.2. The van der Waals surface area contributed by atoms with Crippen molar-refractivity contribution in [1.82, 2.24) is 10.2 Å². The highest BCUT2D eigenvalue weighted by molar-refractivity contribution is 9.10. The zero-order chi connectivity index (χ0) is 24.8. The number of methoxy groups -OCH3 is 1. The summed E-state index contributed by atoms with van der Waals surface area (Å²) in [5.41, 5.74) is 3.04. The molecule has 1 fully saturated rings. The Labute approximate surface area is 218 Å². The number of carbonyl (C=O) groups excluding carboxylic acids is 2. The van der Waals surface area contributed by atoms with Gasteiger partial charge in [-0.1, -0.05) is 15.9 Å². The first-order valence-corrected chi connectivity index (χ1v) is 12.3. The maximum Gasteiger partial charge on any atom is 0.257 e. The lowest BCUT2D eigenvalue weighted by atomic mass is 10.1.